The van der Waals surface area contributed by atoms with Gasteiger partial charge in [-0.15, -0.1) is 0 Å². The number of methoxy groups -OCH3 is 8. The molecule has 0 spiro atoms. The molecule has 2 heterocycles. The Bertz CT molecular complexity index is 2210. The summed E-state index contributed by atoms with van der Waals surface area (Å²) < 4.78 is 55.2. The van der Waals surface area contributed by atoms with Crippen LogP contribution in [0, 0.1) is 0 Å². The Kier molecular flexibility index (Phi) is 22.4. The van der Waals surface area contributed by atoms with Gasteiger partial charge in [-0.1, -0.05) is 32.9 Å². The number of likely N-dealkylation sites (N-methyl/N-ethyl adjacent to an activating group) is 1. The van der Waals surface area contributed by atoms with Crippen LogP contribution in [0.3, 0.4) is 0 Å². The lowest BCUT2D eigenvalue weighted by Crippen LogP contribution is -2.53. The van der Waals surface area contributed by atoms with Crippen LogP contribution in [0.15, 0.2) is 60.7 Å². The predicted molar refractivity (Wildman–Crippen MR) is 264 cm³/mol. The third kappa shape index (κ3) is 14.6. The lowest BCUT2D eigenvalue weighted by molar-refractivity contribution is -0.940. The van der Waals surface area contributed by atoms with Gasteiger partial charge in [-0.2, -0.15) is 0 Å². The van der Waals surface area contributed by atoms with Crippen molar-refractivity contribution in [1.29, 1.82) is 0 Å². The van der Waals surface area contributed by atoms with Crippen LogP contribution in [0.5, 0.6) is 46.0 Å². The lowest BCUT2D eigenvalue weighted by atomic mass is 9.86. The highest BCUT2D eigenvalue weighted by Gasteiger charge is 2.40. The minimum Gasteiger partial charge on any atom is -0.493 e. The second-order valence-electron chi connectivity index (χ2n) is 16.7. The number of nitrogens with zero attached hydrogens (tertiary/aromatic N) is 1. The monoisotopic (exact) mass is 946 g/mol. The molecule has 0 saturated carbocycles. The van der Waals surface area contributed by atoms with E-state index in [0.29, 0.717) is 54.3 Å². The number of esters is 2. The van der Waals surface area contributed by atoms with Crippen LogP contribution in [-0.2, 0) is 44.7 Å². The van der Waals surface area contributed by atoms with E-state index < -0.39 is 0 Å². The molecule has 0 fully saturated rings. The summed E-state index contributed by atoms with van der Waals surface area (Å²) in [4.78, 5) is 23.9. The Labute approximate surface area is 405 Å². The third-order valence-corrected chi connectivity index (χ3v) is 12.6. The fraction of sp³-hybridized carbons (Fsp3) is 0.519. The molecule has 3 atom stereocenters. The molecule has 14 heteroatoms. The molecule has 14 nitrogen and oxygen atoms in total. The molecule has 1 N–H and O–H groups in total. The molecule has 0 radical (unpaired) electrons. The van der Waals surface area contributed by atoms with Gasteiger partial charge in [-0.25, -0.2) is 0 Å². The number of hydrogen-bond donors (Lipinski definition) is 1. The maximum Gasteiger partial charge on any atom is 0.311 e. The van der Waals surface area contributed by atoms with Crippen molar-refractivity contribution in [3.63, 3.8) is 0 Å². The number of fused-ring (bicyclic) bond motifs is 2. The van der Waals surface area contributed by atoms with Gasteiger partial charge in [0.2, 0.25) is 0 Å². The van der Waals surface area contributed by atoms with Crippen LogP contribution in [-0.4, -0.2) is 113 Å². The molecular weight excluding hydrogens is 869 g/mol. The average Bonchev–Trinajstić information content (AvgIpc) is 3.38. The van der Waals surface area contributed by atoms with Crippen LogP contribution in [0.2, 0.25) is 0 Å². The summed E-state index contributed by atoms with van der Waals surface area (Å²) in [6.07, 6.45) is 6.53. The minimum absolute atomic E-state index is 0.0790. The summed E-state index contributed by atoms with van der Waals surface area (Å²) in [5, 5.41) is 3.61. The van der Waals surface area contributed by atoms with Crippen molar-refractivity contribution >= 4 is 11.9 Å². The largest absolute Gasteiger partial charge is 0.493 e. The van der Waals surface area contributed by atoms with Gasteiger partial charge >= 0.3 is 11.9 Å². The molecule has 2 aliphatic heterocycles. The summed E-state index contributed by atoms with van der Waals surface area (Å²) in [5.74, 6) is 5.47. The van der Waals surface area contributed by atoms with Gasteiger partial charge in [0.25, 0.3) is 0 Å². The van der Waals surface area contributed by atoms with E-state index in [4.69, 9.17) is 47.4 Å². The first-order chi connectivity index (χ1) is 33.0. The number of rotatable bonds is 22. The number of ether oxygens (including phenoxy) is 10. The minimum atomic E-state index is -0.190. The Morgan fingerprint density at radius 3 is 1.53 bits per heavy atom. The summed E-state index contributed by atoms with van der Waals surface area (Å²) >= 11 is 0. The lowest BCUT2D eigenvalue weighted by Gasteiger charge is -2.46. The average molecular weight is 946 g/mol. The van der Waals surface area contributed by atoms with Crippen LogP contribution in [0.25, 0.3) is 0 Å². The van der Waals surface area contributed by atoms with Crippen molar-refractivity contribution in [2.45, 2.75) is 90.6 Å². The topological polar surface area (TPSA) is 138 Å². The highest BCUT2D eigenvalue weighted by Crippen LogP contribution is 2.43. The number of benzene rings is 4. The molecule has 0 aliphatic carbocycles. The van der Waals surface area contributed by atoms with Crippen LogP contribution in [0.4, 0.5) is 0 Å². The highest BCUT2D eigenvalue weighted by molar-refractivity contribution is 5.69. The van der Waals surface area contributed by atoms with E-state index in [9.17, 15) is 9.59 Å². The van der Waals surface area contributed by atoms with E-state index in [1.54, 1.807) is 63.8 Å². The van der Waals surface area contributed by atoms with Gasteiger partial charge < -0.3 is 57.2 Å². The molecule has 2 aliphatic rings. The number of quaternary nitrogens is 1. The quantitative estimate of drug-likeness (QED) is 0.0456. The highest BCUT2D eigenvalue weighted by atomic mass is 16.5. The molecule has 0 aromatic heterocycles. The molecule has 4 aromatic carbocycles. The van der Waals surface area contributed by atoms with Gasteiger partial charge in [0.05, 0.1) is 96.7 Å². The van der Waals surface area contributed by atoms with E-state index in [-0.39, 0.29) is 24.0 Å². The molecule has 6 rings (SSSR count). The second-order valence-corrected chi connectivity index (χ2v) is 16.7. The first-order valence-corrected chi connectivity index (χ1v) is 23.8. The van der Waals surface area contributed by atoms with Gasteiger partial charge in [-0.05, 0) is 115 Å². The number of carbonyl (C=O) groups excluding carboxylic acids is 2. The maximum atomic E-state index is 12.7. The van der Waals surface area contributed by atoms with E-state index in [1.165, 1.54) is 27.8 Å². The Morgan fingerprint density at radius 1 is 0.559 bits per heavy atom. The third-order valence-electron chi connectivity index (χ3n) is 12.6. The van der Waals surface area contributed by atoms with Crippen molar-refractivity contribution in [3.05, 3.63) is 94.0 Å². The second kappa shape index (κ2) is 27.8. The summed E-state index contributed by atoms with van der Waals surface area (Å²) in [7, 11) is 15.4. The first-order valence-electron chi connectivity index (χ1n) is 23.8. The smallest absolute Gasteiger partial charge is 0.311 e. The Morgan fingerprint density at radius 2 is 1.01 bits per heavy atom. The van der Waals surface area contributed by atoms with E-state index >= 15 is 0 Å². The summed E-state index contributed by atoms with van der Waals surface area (Å²) in [6.45, 7) is 9.04. The SMILES string of the molecule is CC.CCC(=O)OCCCCCOC(=O)CC[N@@+]1(C)CCc2cc(OC)c(OC)cc2C1Cc1ccc(OC)c(OC)c1.COc1ccc(C[C@H]2NCCc3cc(OC)c(OC)cc32)cc1OC. The number of nitrogens with one attached hydrogen (secondary N) is 1. The van der Waals surface area contributed by atoms with Crippen molar-refractivity contribution in [2.24, 2.45) is 0 Å². The van der Waals surface area contributed by atoms with Crippen LogP contribution < -0.4 is 43.2 Å². The molecule has 4 aromatic rings. The fourth-order valence-electron chi connectivity index (χ4n) is 8.83. The van der Waals surface area contributed by atoms with Gasteiger partial charge in [-0.3, -0.25) is 9.59 Å². The zero-order chi connectivity index (χ0) is 49.6. The van der Waals surface area contributed by atoms with E-state index in [1.807, 2.05) is 38.1 Å². The number of unbranched alkanes of at least 4 members (excludes halogenated alkanes) is 2. The molecule has 0 saturated heterocycles. The standard InChI is InChI=1S/C32H46NO8.C20H25NO4.C2H6/c1-7-31(34)40-17-9-8-10-18-41-32(35)14-16-33(2)15-13-24-21-29(38-5)30(39-6)22-25(24)26(33)19-23-11-12-27(36-3)28(20-23)37-4;1-22-17-6-5-13(10-18(17)23-2)9-16-15-12-20(25-4)19(24-3)11-14(15)7-8-21-16;1-2/h11-12,20-22,26H,7-10,13-19H2,1-6H3;5-6,10-12,16,21H,7-9H2,1-4H3;1-2H3/q+1;;/t26?,33-;16-;/m11./s1. The summed E-state index contributed by atoms with van der Waals surface area (Å²) in [5.41, 5.74) is 7.31. The zero-order valence-electron chi connectivity index (χ0n) is 42.7. The summed E-state index contributed by atoms with van der Waals surface area (Å²) in [6, 6.07) is 20.7. The van der Waals surface area contributed by atoms with Gasteiger partial charge in [0.15, 0.2) is 46.0 Å². The van der Waals surface area contributed by atoms with Crippen molar-refractivity contribution in [2.75, 3.05) is 96.8 Å². The molecule has 374 valence electrons. The Hall–Kier alpha value is -5.86. The molecule has 1 unspecified atom stereocenters. The normalized spacial score (nSPS) is 16.7. The fourth-order valence-corrected chi connectivity index (χ4v) is 8.83. The zero-order valence-corrected chi connectivity index (χ0v) is 42.7. The van der Waals surface area contributed by atoms with Gasteiger partial charge in [0, 0.05) is 30.9 Å². The Balaban J connectivity index is 0.000000317. The first kappa shape index (κ1) is 54.7. The molecule has 68 heavy (non-hydrogen) atoms. The number of hydrogen-bond acceptors (Lipinski definition) is 13. The maximum absolute atomic E-state index is 12.7. The van der Waals surface area contributed by atoms with Crippen molar-refractivity contribution < 1.29 is 61.4 Å². The number of carbonyl (C=O) groups is 2. The molecular formula is C54H77N2O12+. The van der Waals surface area contributed by atoms with E-state index in [0.717, 1.165) is 92.3 Å². The predicted octanol–water partition coefficient (Wildman–Crippen LogP) is 9.24. The molecule has 0 amide bonds. The van der Waals surface area contributed by atoms with E-state index in [2.05, 4.69) is 48.8 Å². The van der Waals surface area contributed by atoms with Gasteiger partial charge in [0.1, 0.15) is 6.04 Å². The van der Waals surface area contributed by atoms with Crippen molar-refractivity contribution in [3.8, 4) is 46.0 Å². The van der Waals surface area contributed by atoms with Crippen LogP contribution in [0.1, 0.15) is 98.3 Å². The van der Waals surface area contributed by atoms with Crippen molar-refractivity contribution in [1.82, 2.24) is 5.32 Å². The molecule has 0 bridgehead atoms. The van der Waals surface area contributed by atoms with Crippen LogP contribution >= 0.6 is 0 Å².